The highest BCUT2D eigenvalue weighted by molar-refractivity contribution is 5.87. The second-order valence-corrected chi connectivity index (χ2v) is 4.53. The van der Waals surface area contributed by atoms with Crippen LogP contribution in [0.3, 0.4) is 0 Å². The maximum Gasteiger partial charge on any atom is 0.342 e. The Morgan fingerprint density at radius 1 is 1.58 bits per heavy atom. The number of carbonyl (C=O) groups excluding carboxylic acids is 2. The minimum Gasteiger partial charge on any atom is -0.459 e. The average Bonchev–Trinajstić information content (AvgIpc) is 2.67. The lowest BCUT2D eigenvalue weighted by Gasteiger charge is -2.27. The normalized spacial score (nSPS) is 30.3. The lowest BCUT2D eigenvalue weighted by molar-refractivity contribution is -0.153. The van der Waals surface area contributed by atoms with Crippen molar-refractivity contribution in [3.05, 3.63) is 36.0 Å². The number of carbonyl (C=O) groups is 2. The molecule has 0 radical (unpaired) electrons. The number of hydrogen-bond donors (Lipinski definition) is 1. The van der Waals surface area contributed by atoms with E-state index in [0.717, 1.165) is 0 Å². The number of allylic oxidation sites excluding steroid dienone is 3. The topological polar surface area (TPSA) is 72.8 Å². The van der Waals surface area contributed by atoms with Crippen molar-refractivity contribution in [2.75, 3.05) is 6.61 Å². The van der Waals surface area contributed by atoms with E-state index in [4.69, 9.17) is 9.47 Å². The fourth-order valence-electron chi connectivity index (χ4n) is 2.15. The van der Waals surface area contributed by atoms with Gasteiger partial charge < -0.3 is 14.6 Å². The molecule has 1 aliphatic heterocycles. The maximum absolute atomic E-state index is 11.5. The minimum absolute atomic E-state index is 0.0673. The minimum atomic E-state index is -1.51. The van der Waals surface area contributed by atoms with E-state index in [0.29, 0.717) is 12.0 Å². The van der Waals surface area contributed by atoms with E-state index in [-0.39, 0.29) is 13.0 Å². The van der Waals surface area contributed by atoms with E-state index < -0.39 is 23.6 Å². The van der Waals surface area contributed by atoms with Crippen LogP contribution in [0.25, 0.3) is 0 Å². The van der Waals surface area contributed by atoms with Gasteiger partial charge in [0.25, 0.3) is 0 Å². The van der Waals surface area contributed by atoms with Gasteiger partial charge in [0.1, 0.15) is 12.7 Å². The summed E-state index contributed by atoms with van der Waals surface area (Å²) in [6.07, 6.45) is 8.25. The first kappa shape index (κ1) is 13.5. The first-order chi connectivity index (χ1) is 9.06. The molecule has 5 heteroatoms. The van der Waals surface area contributed by atoms with Gasteiger partial charge in [0.05, 0.1) is 0 Å². The van der Waals surface area contributed by atoms with Crippen LogP contribution in [0.4, 0.5) is 0 Å². The smallest absolute Gasteiger partial charge is 0.342 e. The van der Waals surface area contributed by atoms with Gasteiger partial charge in [-0.2, -0.15) is 0 Å². The lowest BCUT2D eigenvalue weighted by Crippen LogP contribution is -2.40. The highest BCUT2D eigenvalue weighted by atomic mass is 16.6. The fraction of sp³-hybridized carbons (Fsp3) is 0.429. The molecule has 0 saturated carbocycles. The first-order valence-corrected chi connectivity index (χ1v) is 6.17. The van der Waals surface area contributed by atoms with Crippen LogP contribution in [0.15, 0.2) is 36.0 Å². The molecule has 0 aromatic carbocycles. The summed E-state index contributed by atoms with van der Waals surface area (Å²) in [5.41, 5.74) is -1.03. The summed E-state index contributed by atoms with van der Waals surface area (Å²) in [5.74, 6) is -1.06. The predicted molar refractivity (Wildman–Crippen MR) is 67.1 cm³/mol. The molecule has 102 valence electrons. The van der Waals surface area contributed by atoms with Crippen LogP contribution in [0.5, 0.6) is 0 Å². The summed E-state index contributed by atoms with van der Waals surface area (Å²) in [6, 6.07) is 0. The molecule has 1 saturated heterocycles. The molecular weight excluding hydrogens is 248 g/mol. The number of aliphatic hydroxyl groups is 1. The Labute approximate surface area is 111 Å². The van der Waals surface area contributed by atoms with E-state index in [9.17, 15) is 14.7 Å². The molecule has 1 heterocycles. The summed E-state index contributed by atoms with van der Waals surface area (Å²) in [7, 11) is 0. The third-order valence-electron chi connectivity index (χ3n) is 3.21. The Bertz CT molecular complexity index is 474. The summed E-state index contributed by atoms with van der Waals surface area (Å²) in [5, 5.41) is 10.1. The summed E-state index contributed by atoms with van der Waals surface area (Å²) in [6.45, 7) is 1.91. The molecule has 0 aromatic rings. The second-order valence-electron chi connectivity index (χ2n) is 4.53. The van der Waals surface area contributed by atoms with Gasteiger partial charge >= 0.3 is 11.9 Å². The first-order valence-electron chi connectivity index (χ1n) is 6.17. The van der Waals surface area contributed by atoms with Crippen LogP contribution in [-0.2, 0) is 19.1 Å². The van der Waals surface area contributed by atoms with Gasteiger partial charge in [-0.1, -0.05) is 18.2 Å². The quantitative estimate of drug-likeness (QED) is 0.357. The Kier molecular flexibility index (Phi) is 3.85. The SMILES string of the molecule is C/C=C/C=C/C(=O)O[C@@H]1C=C2COC(=O)[C@]2(O)CC1. The van der Waals surface area contributed by atoms with Gasteiger partial charge in [0.2, 0.25) is 0 Å². The lowest BCUT2D eigenvalue weighted by atomic mass is 9.84. The Balaban J connectivity index is 2.00. The van der Waals surface area contributed by atoms with Crippen LogP contribution < -0.4 is 0 Å². The van der Waals surface area contributed by atoms with Crippen molar-refractivity contribution in [1.82, 2.24) is 0 Å². The zero-order chi connectivity index (χ0) is 13.9. The number of ether oxygens (including phenoxy) is 2. The number of hydrogen-bond acceptors (Lipinski definition) is 5. The summed E-state index contributed by atoms with van der Waals surface area (Å²) < 4.78 is 10.0. The summed E-state index contributed by atoms with van der Waals surface area (Å²) >= 11 is 0. The molecule has 1 aliphatic carbocycles. The molecule has 2 atom stereocenters. The Hall–Kier alpha value is -1.88. The van der Waals surface area contributed by atoms with Gasteiger partial charge in [-0.25, -0.2) is 9.59 Å². The van der Waals surface area contributed by atoms with Gasteiger partial charge in [-0.3, -0.25) is 0 Å². The molecule has 2 aliphatic rings. The van der Waals surface area contributed by atoms with Crippen molar-refractivity contribution in [2.45, 2.75) is 31.5 Å². The van der Waals surface area contributed by atoms with Crippen molar-refractivity contribution in [1.29, 1.82) is 0 Å². The molecule has 1 fully saturated rings. The highest BCUT2D eigenvalue weighted by Gasteiger charge is 2.49. The molecule has 5 nitrogen and oxygen atoms in total. The van der Waals surface area contributed by atoms with Crippen molar-refractivity contribution in [2.24, 2.45) is 0 Å². The molecule has 0 amide bonds. The highest BCUT2D eigenvalue weighted by Crippen LogP contribution is 2.36. The molecule has 0 unspecified atom stereocenters. The zero-order valence-corrected chi connectivity index (χ0v) is 10.7. The van der Waals surface area contributed by atoms with Crippen LogP contribution in [0.2, 0.25) is 0 Å². The monoisotopic (exact) mass is 264 g/mol. The van der Waals surface area contributed by atoms with Crippen LogP contribution >= 0.6 is 0 Å². The summed E-state index contributed by atoms with van der Waals surface area (Å²) in [4.78, 5) is 22.9. The number of esters is 2. The van der Waals surface area contributed by atoms with Crippen LogP contribution in [-0.4, -0.2) is 35.4 Å². The van der Waals surface area contributed by atoms with Crippen molar-refractivity contribution < 1.29 is 24.2 Å². The van der Waals surface area contributed by atoms with Gasteiger partial charge in [-0.15, -0.1) is 0 Å². The van der Waals surface area contributed by atoms with Crippen LogP contribution in [0.1, 0.15) is 19.8 Å². The van der Waals surface area contributed by atoms with E-state index in [1.165, 1.54) is 6.08 Å². The maximum atomic E-state index is 11.5. The predicted octanol–water partition coefficient (Wildman–Crippen LogP) is 1.04. The molecular formula is C14H16O5. The van der Waals surface area contributed by atoms with E-state index in [2.05, 4.69) is 0 Å². The molecule has 0 spiro atoms. The second kappa shape index (κ2) is 5.40. The molecule has 2 rings (SSSR count). The number of fused-ring (bicyclic) bond motifs is 1. The third-order valence-corrected chi connectivity index (χ3v) is 3.21. The van der Waals surface area contributed by atoms with Crippen LogP contribution in [0, 0.1) is 0 Å². The standard InChI is InChI=1S/C14H16O5/c1-2-3-4-5-12(15)19-11-6-7-14(17)10(8-11)9-18-13(14)16/h2-5,8,11,17H,6-7,9H2,1H3/b3-2+,5-4+/t11-,14-/m0/s1. The largest absolute Gasteiger partial charge is 0.459 e. The number of rotatable bonds is 3. The van der Waals surface area contributed by atoms with Crippen molar-refractivity contribution >= 4 is 11.9 Å². The molecule has 0 bridgehead atoms. The van der Waals surface area contributed by atoms with E-state index in [1.54, 1.807) is 24.3 Å². The number of cyclic esters (lactones) is 1. The van der Waals surface area contributed by atoms with Crippen molar-refractivity contribution in [3.8, 4) is 0 Å². The Morgan fingerprint density at radius 3 is 3.11 bits per heavy atom. The Morgan fingerprint density at radius 2 is 2.37 bits per heavy atom. The van der Waals surface area contributed by atoms with Crippen molar-refractivity contribution in [3.63, 3.8) is 0 Å². The van der Waals surface area contributed by atoms with Gasteiger partial charge in [-0.05, 0) is 25.8 Å². The van der Waals surface area contributed by atoms with Gasteiger partial charge in [0.15, 0.2) is 5.60 Å². The average molecular weight is 264 g/mol. The molecule has 0 aromatic heterocycles. The molecule has 1 N–H and O–H groups in total. The van der Waals surface area contributed by atoms with E-state index in [1.807, 2.05) is 6.92 Å². The third kappa shape index (κ3) is 2.76. The van der Waals surface area contributed by atoms with E-state index >= 15 is 0 Å². The van der Waals surface area contributed by atoms with Gasteiger partial charge in [0, 0.05) is 11.6 Å². The zero-order valence-electron chi connectivity index (χ0n) is 10.7. The molecule has 19 heavy (non-hydrogen) atoms. The fourth-order valence-corrected chi connectivity index (χ4v) is 2.15.